The van der Waals surface area contributed by atoms with Crippen LogP contribution in [0.5, 0.6) is 0 Å². The summed E-state index contributed by atoms with van der Waals surface area (Å²) in [5.41, 5.74) is 0. The molecule has 0 aliphatic rings. The highest BCUT2D eigenvalue weighted by Crippen LogP contribution is 2.16. The topological polar surface area (TPSA) is 20.3 Å². The number of alkyl halides is 3. The molecule has 1 amide bonds. The van der Waals surface area contributed by atoms with Gasteiger partial charge in [0.1, 0.15) is 0 Å². The van der Waals surface area contributed by atoms with Crippen molar-refractivity contribution in [1.82, 2.24) is 4.90 Å². The van der Waals surface area contributed by atoms with E-state index in [9.17, 15) is 18.0 Å². The van der Waals surface area contributed by atoms with Gasteiger partial charge in [0.05, 0.1) is 0 Å². The van der Waals surface area contributed by atoms with Crippen molar-refractivity contribution in [3.8, 4) is 0 Å². The maximum atomic E-state index is 11.3. The SMILES string of the molecule is C.CN(C)C(=O)C(F)(F)F. The van der Waals surface area contributed by atoms with Crippen molar-refractivity contribution >= 4 is 5.91 Å². The average molecular weight is 157 g/mol. The summed E-state index contributed by atoms with van der Waals surface area (Å²) in [4.78, 5) is 10.5. The molecule has 0 aromatic heterocycles. The lowest BCUT2D eigenvalue weighted by Crippen LogP contribution is -2.35. The molecule has 0 fully saturated rings. The molecule has 0 saturated carbocycles. The van der Waals surface area contributed by atoms with Crippen LogP contribution in [-0.4, -0.2) is 31.1 Å². The normalized spacial score (nSPS) is 10.1. The van der Waals surface area contributed by atoms with Gasteiger partial charge in [-0.2, -0.15) is 13.2 Å². The molecule has 0 radical (unpaired) electrons. The van der Waals surface area contributed by atoms with Gasteiger partial charge in [-0.05, 0) is 0 Å². The lowest BCUT2D eigenvalue weighted by Gasteiger charge is -2.11. The first kappa shape index (κ1) is 12.0. The van der Waals surface area contributed by atoms with Gasteiger partial charge in [-0.15, -0.1) is 0 Å². The Bertz CT molecular complexity index is 119. The fourth-order valence-electron chi connectivity index (χ4n) is 0.254. The van der Waals surface area contributed by atoms with Crippen molar-refractivity contribution in [3.05, 3.63) is 0 Å². The zero-order chi connectivity index (χ0) is 7.65. The molecule has 0 aliphatic carbocycles. The summed E-state index contributed by atoms with van der Waals surface area (Å²) in [6, 6.07) is 0. The van der Waals surface area contributed by atoms with E-state index in [1.807, 2.05) is 0 Å². The van der Waals surface area contributed by atoms with Crippen molar-refractivity contribution < 1.29 is 18.0 Å². The maximum Gasteiger partial charge on any atom is 0.471 e. The third-order valence-electron chi connectivity index (χ3n) is 0.649. The van der Waals surface area contributed by atoms with E-state index in [4.69, 9.17) is 0 Å². The van der Waals surface area contributed by atoms with Gasteiger partial charge in [0.25, 0.3) is 0 Å². The Morgan fingerprint density at radius 3 is 1.60 bits per heavy atom. The van der Waals surface area contributed by atoms with Crippen LogP contribution >= 0.6 is 0 Å². The summed E-state index contributed by atoms with van der Waals surface area (Å²) in [6.07, 6.45) is -4.73. The third kappa shape index (κ3) is 3.32. The highest BCUT2D eigenvalue weighted by Gasteiger charge is 2.39. The van der Waals surface area contributed by atoms with Crippen molar-refractivity contribution in [2.75, 3.05) is 14.1 Å². The van der Waals surface area contributed by atoms with Crippen molar-refractivity contribution in [3.63, 3.8) is 0 Å². The Hall–Kier alpha value is -0.740. The van der Waals surface area contributed by atoms with Crippen LogP contribution in [0.15, 0.2) is 0 Å². The summed E-state index contributed by atoms with van der Waals surface area (Å²) in [5, 5.41) is 0. The molecule has 0 saturated heterocycles. The number of halogens is 3. The first-order chi connectivity index (χ1) is 3.85. The summed E-state index contributed by atoms with van der Waals surface area (Å²) in [6.45, 7) is 0. The van der Waals surface area contributed by atoms with Gasteiger partial charge in [0.15, 0.2) is 0 Å². The van der Waals surface area contributed by atoms with Crippen LogP contribution in [0.4, 0.5) is 13.2 Å². The molecule has 0 N–H and O–H groups in total. The molecule has 5 heteroatoms. The van der Waals surface area contributed by atoms with Gasteiger partial charge in [0, 0.05) is 14.1 Å². The number of rotatable bonds is 0. The van der Waals surface area contributed by atoms with Crippen LogP contribution in [0.3, 0.4) is 0 Å². The summed E-state index contributed by atoms with van der Waals surface area (Å²) in [5.74, 6) is -1.83. The molecular formula is C5H10F3NO. The Balaban J connectivity index is 0. The number of amides is 1. The van der Waals surface area contributed by atoms with E-state index < -0.39 is 12.1 Å². The first-order valence-electron chi connectivity index (χ1n) is 2.14. The quantitative estimate of drug-likeness (QED) is 0.518. The van der Waals surface area contributed by atoms with Crippen molar-refractivity contribution in [2.45, 2.75) is 13.6 Å². The second kappa shape index (κ2) is 3.43. The summed E-state index contributed by atoms with van der Waals surface area (Å²) < 4.78 is 33.9. The smallest absolute Gasteiger partial charge is 0.341 e. The molecular weight excluding hydrogens is 147 g/mol. The monoisotopic (exact) mass is 157 g/mol. The van der Waals surface area contributed by atoms with Gasteiger partial charge < -0.3 is 4.90 Å². The van der Waals surface area contributed by atoms with Gasteiger partial charge in [-0.3, -0.25) is 4.79 Å². The molecule has 0 aromatic rings. The predicted molar refractivity (Wildman–Crippen MR) is 31.5 cm³/mol. The van der Waals surface area contributed by atoms with Crippen LogP contribution in [0, 0.1) is 0 Å². The minimum absolute atomic E-state index is 0. The number of hydrogen-bond donors (Lipinski definition) is 0. The lowest BCUT2D eigenvalue weighted by atomic mass is 10.5. The minimum Gasteiger partial charge on any atom is -0.341 e. The summed E-state index contributed by atoms with van der Waals surface area (Å²) in [7, 11) is 2.10. The highest BCUT2D eigenvalue weighted by atomic mass is 19.4. The molecule has 0 heterocycles. The molecule has 0 bridgehead atoms. The fraction of sp³-hybridized carbons (Fsp3) is 0.800. The number of nitrogens with zero attached hydrogens (tertiary/aromatic N) is 1. The van der Waals surface area contributed by atoms with Crippen molar-refractivity contribution in [2.24, 2.45) is 0 Å². The van der Waals surface area contributed by atoms with Crippen LogP contribution in [-0.2, 0) is 4.79 Å². The number of carbonyl (C=O) groups is 1. The van der Waals surface area contributed by atoms with Crippen LogP contribution in [0.1, 0.15) is 7.43 Å². The van der Waals surface area contributed by atoms with Crippen LogP contribution in [0.25, 0.3) is 0 Å². The van der Waals surface area contributed by atoms with E-state index in [-0.39, 0.29) is 7.43 Å². The van der Waals surface area contributed by atoms with Gasteiger partial charge >= 0.3 is 12.1 Å². The zero-order valence-corrected chi connectivity index (χ0v) is 4.99. The largest absolute Gasteiger partial charge is 0.471 e. The zero-order valence-electron chi connectivity index (χ0n) is 4.99. The molecule has 0 aliphatic heterocycles. The molecule has 2 nitrogen and oxygen atoms in total. The Morgan fingerprint density at radius 2 is 1.60 bits per heavy atom. The fourth-order valence-corrected chi connectivity index (χ4v) is 0.254. The van der Waals surface area contributed by atoms with Gasteiger partial charge in [0.2, 0.25) is 0 Å². The standard InChI is InChI=1S/C4H6F3NO.CH4/c1-8(2)3(9)4(5,6)7;/h1-2H3;1H4. The number of hydrogen-bond acceptors (Lipinski definition) is 1. The second-order valence-electron chi connectivity index (χ2n) is 1.70. The van der Waals surface area contributed by atoms with E-state index >= 15 is 0 Å². The van der Waals surface area contributed by atoms with Crippen molar-refractivity contribution in [1.29, 1.82) is 0 Å². The van der Waals surface area contributed by atoms with E-state index in [0.29, 0.717) is 4.90 Å². The molecule has 0 aromatic carbocycles. The summed E-state index contributed by atoms with van der Waals surface area (Å²) >= 11 is 0. The van der Waals surface area contributed by atoms with E-state index in [1.54, 1.807) is 0 Å². The molecule has 0 spiro atoms. The Kier molecular flexibility index (Phi) is 4.12. The first-order valence-corrected chi connectivity index (χ1v) is 2.14. The van der Waals surface area contributed by atoms with E-state index in [2.05, 4.69) is 0 Å². The van der Waals surface area contributed by atoms with Gasteiger partial charge in [-0.1, -0.05) is 7.43 Å². The predicted octanol–water partition coefficient (Wildman–Crippen LogP) is 1.27. The molecule has 0 unspecified atom stereocenters. The third-order valence-corrected chi connectivity index (χ3v) is 0.649. The molecule has 0 rings (SSSR count). The number of carbonyl (C=O) groups excluding carboxylic acids is 1. The van der Waals surface area contributed by atoms with E-state index in [1.165, 1.54) is 0 Å². The highest BCUT2D eigenvalue weighted by molar-refractivity contribution is 5.81. The minimum atomic E-state index is -4.73. The Morgan fingerprint density at radius 1 is 1.30 bits per heavy atom. The molecule has 10 heavy (non-hydrogen) atoms. The second-order valence-corrected chi connectivity index (χ2v) is 1.70. The van der Waals surface area contributed by atoms with Crippen LogP contribution < -0.4 is 0 Å². The molecule has 62 valence electrons. The van der Waals surface area contributed by atoms with E-state index in [0.717, 1.165) is 14.1 Å². The Labute approximate surface area is 57.6 Å². The maximum absolute atomic E-state index is 11.3. The molecule has 0 atom stereocenters. The van der Waals surface area contributed by atoms with Crippen LogP contribution in [0.2, 0.25) is 0 Å². The van der Waals surface area contributed by atoms with Gasteiger partial charge in [-0.25, -0.2) is 0 Å². The lowest BCUT2D eigenvalue weighted by molar-refractivity contribution is -0.182. The average Bonchev–Trinajstić information content (AvgIpc) is 1.62.